The van der Waals surface area contributed by atoms with E-state index in [0.717, 1.165) is 18.0 Å². The first-order valence-electron chi connectivity index (χ1n) is 9.39. The molecule has 2 nitrogen and oxygen atoms in total. The van der Waals surface area contributed by atoms with Crippen molar-refractivity contribution in [1.29, 1.82) is 0 Å². The fraction of sp³-hybridized carbons (Fsp3) is 1.00. The normalized spacial score (nSPS) is 25.1. The smallest absolute Gasteiger partial charge is 0.00965 e. The molecule has 1 aliphatic heterocycles. The quantitative estimate of drug-likeness (QED) is 0.746. The highest BCUT2D eigenvalue weighted by Crippen LogP contribution is 2.44. The van der Waals surface area contributed by atoms with Gasteiger partial charge in [0.15, 0.2) is 0 Å². The van der Waals surface area contributed by atoms with Crippen LogP contribution in [-0.4, -0.2) is 36.1 Å². The summed E-state index contributed by atoms with van der Waals surface area (Å²) in [5.41, 5.74) is 1.02. The fourth-order valence-corrected chi connectivity index (χ4v) is 4.28. The maximum absolute atomic E-state index is 3.61. The number of likely N-dealkylation sites (tertiary alicyclic amines) is 1. The number of hydrogen-bond donors (Lipinski definition) is 1. The molecule has 1 saturated heterocycles. The molecule has 2 rings (SSSR count). The fourth-order valence-electron chi connectivity index (χ4n) is 4.28. The van der Waals surface area contributed by atoms with Crippen molar-refractivity contribution in [3.05, 3.63) is 0 Å². The van der Waals surface area contributed by atoms with Gasteiger partial charge >= 0.3 is 0 Å². The number of nitrogens with one attached hydrogen (secondary N) is 1. The number of rotatable bonds is 5. The average molecular weight is 295 g/mol. The molecule has 1 aliphatic carbocycles. The molecule has 1 saturated carbocycles. The Morgan fingerprint density at radius 1 is 1.00 bits per heavy atom. The molecule has 0 radical (unpaired) electrons. The number of piperidine rings is 1. The van der Waals surface area contributed by atoms with Crippen LogP contribution in [0.25, 0.3) is 0 Å². The molecule has 21 heavy (non-hydrogen) atoms. The third-order valence-electron chi connectivity index (χ3n) is 5.85. The second-order valence-electron chi connectivity index (χ2n) is 8.76. The minimum absolute atomic E-state index is 0.266. The first kappa shape index (κ1) is 17.3. The molecular weight excluding hydrogens is 256 g/mol. The summed E-state index contributed by atoms with van der Waals surface area (Å²) in [5, 5.41) is 3.61. The second-order valence-corrected chi connectivity index (χ2v) is 8.76. The number of hydrogen-bond acceptors (Lipinski definition) is 2. The Balaban J connectivity index is 1.64. The van der Waals surface area contributed by atoms with E-state index in [9.17, 15) is 0 Å². The Labute approximate surface area is 133 Å². The Morgan fingerprint density at radius 3 is 2.19 bits per heavy atom. The van der Waals surface area contributed by atoms with Gasteiger partial charge in [-0.15, -0.1) is 0 Å². The highest BCUT2D eigenvalue weighted by molar-refractivity contribution is 4.89. The van der Waals surface area contributed by atoms with Crippen molar-refractivity contribution in [3.8, 4) is 0 Å². The largest absolute Gasteiger partial charge is 0.312 e. The van der Waals surface area contributed by atoms with Gasteiger partial charge in [0, 0.05) is 11.6 Å². The van der Waals surface area contributed by atoms with E-state index in [1.807, 2.05) is 0 Å². The van der Waals surface area contributed by atoms with E-state index in [0.29, 0.717) is 0 Å². The standard InChI is InChI=1S/C19H38N2/c1-17(9-8-14-20-18(2,3)4)21-15-12-19(13-16-21)10-6-5-7-11-19/h17,20H,5-16H2,1-4H3. The lowest BCUT2D eigenvalue weighted by Crippen LogP contribution is -2.45. The van der Waals surface area contributed by atoms with Crippen LogP contribution in [0.15, 0.2) is 0 Å². The van der Waals surface area contributed by atoms with Gasteiger partial charge in [0.05, 0.1) is 0 Å². The summed E-state index contributed by atoms with van der Waals surface area (Å²) in [6.07, 6.45) is 13.1. The van der Waals surface area contributed by atoms with Crippen LogP contribution in [0.1, 0.15) is 85.5 Å². The molecule has 0 amide bonds. The predicted molar refractivity (Wildman–Crippen MR) is 92.8 cm³/mol. The lowest BCUT2D eigenvalue weighted by molar-refractivity contribution is 0.0466. The van der Waals surface area contributed by atoms with Crippen molar-refractivity contribution < 1.29 is 0 Å². The molecule has 2 heteroatoms. The molecule has 0 aromatic heterocycles. The zero-order valence-corrected chi connectivity index (χ0v) is 15.0. The van der Waals surface area contributed by atoms with Crippen molar-refractivity contribution in [2.24, 2.45) is 5.41 Å². The third kappa shape index (κ3) is 5.56. The minimum Gasteiger partial charge on any atom is -0.312 e. The van der Waals surface area contributed by atoms with Gasteiger partial charge < -0.3 is 10.2 Å². The van der Waals surface area contributed by atoms with Crippen LogP contribution >= 0.6 is 0 Å². The van der Waals surface area contributed by atoms with Crippen LogP contribution in [0.2, 0.25) is 0 Å². The monoisotopic (exact) mass is 294 g/mol. The van der Waals surface area contributed by atoms with Crippen molar-refractivity contribution in [3.63, 3.8) is 0 Å². The van der Waals surface area contributed by atoms with Crippen molar-refractivity contribution in [2.45, 2.75) is 97.1 Å². The van der Waals surface area contributed by atoms with Gasteiger partial charge in [0.25, 0.3) is 0 Å². The molecular formula is C19H38N2. The summed E-state index contributed by atoms with van der Waals surface area (Å²) in [7, 11) is 0. The van der Waals surface area contributed by atoms with Crippen LogP contribution < -0.4 is 5.32 Å². The summed E-state index contributed by atoms with van der Waals surface area (Å²) in [4.78, 5) is 2.76. The molecule has 2 fully saturated rings. The van der Waals surface area contributed by atoms with E-state index in [2.05, 4.69) is 37.9 Å². The van der Waals surface area contributed by atoms with Crippen LogP contribution in [0.5, 0.6) is 0 Å². The van der Waals surface area contributed by atoms with E-state index >= 15 is 0 Å². The van der Waals surface area contributed by atoms with Crippen LogP contribution in [-0.2, 0) is 0 Å². The molecule has 1 N–H and O–H groups in total. The van der Waals surface area contributed by atoms with E-state index in [1.165, 1.54) is 70.9 Å². The molecule has 124 valence electrons. The molecule has 0 aromatic rings. The van der Waals surface area contributed by atoms with E-state index < -0.39 is 0 Å². The van der Waals surface area contributed by atoms with Crippen molar-refractivity contribution in [2.75, 3.05) is 19.6 Å². The zero-order chi connectivity index (χ0) is 15.3. The van der Waals surface area contributed by atoms with Gasteiger partial charge in [0.1, 0.15) is 0 Å². The third-order valence-corrected chi connectivity index (χ3v) is 5.85. The van der Waals surface area contributed by atoms with E-state index in [-0.39, 0.29) is 5.54 Å². The minimum atomic E-state index is 0.266. The summed E-state index contributed by atoms with van der Waals surface area (Å²) in [6, 6.07) is 0.771. The Kier molecular flexibility index (Phi) is 6.14. The topological polar surface area (TPSA) is 15.3 Å². The zero-order valence-electron chi connectivity index (χ0n) is 15.0. The van der Waals surface area contributed by atoms with Gasteiger partial charge in [-0.1, -0.05) is 19.3 Å². The molecule has 1 atom stereocenters. The number of nitrogens with zero attached hydrogens (tertiary/aromatic N) is 1. The van der Waals surface area contributed by atoms with Gasteiger partial charge in [-0.05, 0) is 91.3 Å². The molecule has 1 unspecified atom stereocenters. The first-order valence-corrected chi connectivity index (χ1v) is 9.39. The summed E-state index contributed by atoms with van der Waals surface area (Å²) >= 11 is 0. The van der Waals surface area contributed by atoms with Crippen LogP contribution in [0, 0.1) is 5.41 Å². The molecule has 0 bridgehead atoms. The van der Waals surface area contributed by atoms with E-state index in [1.54, 1.807) is 0 Å². The summed E-state index contributed by atoms with van der Waals surface area (Å²) in [6.45, 7) is 13.1. The van der Waals surface area contributed by atoms with Gasteiger partial charge in [0.2, 0.25) is 0 Å². The Bertz CT molecular complexity index is 289. The highest BCUT2D eigenvalue weighted by Gasteiger charge is 2.36. The molecule has 1 spiro atoms. The summed E-state index contributed by atoms with van der Waals surface area (Å²) in [5.74, 6) is 0. The molecule has 1 heterocycles. The van der Waals surface area contributed by atoms with Crippen molar-refractivity contribution >= 4 is 0 Å². The second kappa shape index (κ2) is 7.46. The maximum Gasteiger partial charge on any atom is 0.00965 e. The van der Waals surface area contributed by atoms with Crippen LogP contribution in [0.3, 0.4) is 0 Å². The first-order chi connectivity index (χ1) is 9.90. The predicted octanol–water partition coefficient (Wildman–Crippen LogP) is 4.59. The SMILES string of the molecule is CC(CCCNC(C)(C)C)N1CCC2(CCCCC2)CC1. The highest BCUT2D eigenvalue weighted by atomic mass is 15.2. The van der Waals surface area contributed by atoms with Crippen molar-refractivity contribution in [1.82, 2.24) is 10.2 Å². The maximum atomic E-state index is 3.61. The lowest BCUT2D eigenvalue weighted by atomic mass is 9.68. The molecule has 2 aliphatic rings. The van der Waals surface area contributed by atoms with Gasteiger partial charge in [-0.25, -0.2) is 0 Å². The van der Waals surface area contributed by atoms with Gasteiger partial charge in [-0.3, -0.25) is 0 Å². The Hall–Kier alpha value is -0.0800. The lowest BCUT2D eigenvalue weighted by Gasteiger charge is -2.46. The molecule has 0 aromatic carbocycles. The van der Waals surface area contributed by atoms with E-state index in [4.69, 9.17) is 0 Å². The summed E-state index contributed by atoms with van der Waals surface area (Å²) < 4.78 is 0. The Morgan fingerprint density at radius 2 is 1.62 bits per heavy atom. The van der Waals surface area contributed by atoms with Gasteiger partial charge in [-0.2, -0.15) is 0 Å². The van der Waals surface area contributed by atoms with Crippen LogP contribution in [0.4, 0.5) is 0 Å². The average Bonchev–Trinajstić information content (AvgIpc) is 2.44.